The maximum atomic E-state index is 14.3. The lowest BCUT2D eigenvalue weighted by Crippen LogP contribution is -2.69. The summed E-state index contributed by atoms with van der Waals surface area (Å²) in [7, 11) is -5.68. The predicted octanol–water partition coefficient (Wildman–Crippen LogP) is 9.40. The highest BCUT2D eigenvalue weighted by atomic mass is 31.2. The number of hydrogen-bond acceptors (Lipinski definition) is 23. The minimum absolute atomic E-state index is 0.0340. The smallest absolute Gasteiger partial charge is 0.463 e. The highest BCUT2D eigenvalue weighted by molar-refractivity contribution is 7.47. The van der Waals surface area contributed by atoms with Gasteiger partial charge in [-0.1, -0.05) is 252 Å². The van der Waals surface area contributed by atoms with Gasteiger partial charge >= 0.3 is 25.7 Å². The van der Waals surface area contributed by atoms with Gasteiger partial charge in [0.05, 0.1) is 13.2 Å². The zero-order valence-electron chi connectivity index (χ0n) is 57.5. The second-order valence-corrected chi connectivity index (χ2v) is 28.1. The number of aliphatic hydroxyl groups is 10. The van der Waals surface area contributed by atoms with E-state index >= 15 is 0 Å². The van der Waals surface area contributed by atoms with E-state index in [1.807, 2.05) is 0 Å². The first-order valence-electron chi connectivity index (χ1n) is 36.8. The molecule has 18 atom stereocenters. The Bertz CT molecular complexity index is 1960. The fourth-order valence-corrected chi connectivity index (χ4v) is 13.3. The van der Waals surface area contributed by atoms with Gasteiger partial charge in [0.15, 0.2) is 18.7 Å². The van der Waals surface area contributed by atoms with Crippen LogP contribution in [0.4, 0.5) is 0 Å². The molecule has 1 saturated carbocycles. The largest absolute Gasteiger partial charge is 0.472 e. The minimum Gasteiger partial charge on any atom is -0.463 e. The van der Waals surface area contributed by atoms with E-state index in [1.54, 1.807) is 0 Å². The summed E-state index contributed by atoms with van der Waals surface area (Å²) in [5, 5.41) is 110. The summed E-state index contributed by atoms with van der Waals surface area (Å²) in [5.74, 6) is -1.98. The Morgan fingerprint density at radius 2 is 0.681 bits per heavy atom. The number of aliphatic hydroxyl groups excluding tert-OH is 10. The number of carbonyl (C=O) groups excluding carboxylic acids is 3. The van der Waals surface area contributed by atoms with Crippen LogP contribution in [0.1, 0.15) is 290 Å². The molecule has 0 radical (unpaired) electrons. The van der Waals surface area contributed by atoms with E-state index in [1.165, 1.54) is 135 Å². The Hall–Kier alpha value is -2.04. The number of phosphoric acid groups is 1. The quantitative estimate of drug-likeness (QED) is 0.0117. The van der Waals surface area contributed by atoms with Crippen LogP contribution in [0.25, 0.3) is 0 Å². The van der Waals surface area contributed by atoms with Gasteiger partial charge in [-0.3, -0.25) is 23.4 Å². The molecule has 0 aromatic rings. The van der Waals surface area contributed by atoms with Gasteiger partial charge in [-0.05, 0) is 19.3 Å². The Balaban J connectivity index is 1.73. The molecule has 0 bridgehead atoms. The molecule has 0 aromatic carbocycles. The Morgan fingerprint density at radius 3 is 1.04 bits per heavy atom. The Labute approximate surface area is 561 Å². The van der Waals surface area contributed by atoms with Crippen LogP contribution in [0.3, 0.4) is 0 Å². The van der Waals surface area contributed by atoms with Crippen molar-refractivity contribution in [1.82, 2.24) is 0 Å². The predicted molar refractivity (Wildman–Crippen MR) is 352 cm³/mol. The van der Waals surface area contributed by atoms with E-state index in [2.05, 4.69) is 20.8 Å². The molecule has 0 amide bonds. The molecule has 25 heteroatoms. The van der Waals surface area contributed by atoms with Crippen molar-refractivity contribution >= 4 is 25.7 Å². The third-order valence-electron chi connectivity index (χ3n) is 18.4. The zero-order valence-corrected chi connectivity index (χ0v) is 58.4. The first-order valence-corrected chi connectivity index (χ1v) is 38.3. The second-order valence-electron chi connectivity index (χ2n) is 26.7. The first kappa shape index (κ1) is 86.2. The summed E-state index contributed by atoms with van der Waals surface area (Å²) in [6.45, 7) is 3.44. The van der Waals surface area contributed by atoms with Crippen LogP contribution in [-0.2, 0) is 61.2 Å². The highest BCUT2D eigenvalue weighted by Gasteiger charge is 2.58. The fraction of sp³-hybridized carbons (Fsp3) is 0.957. The maximum Gasteiger partial charge on any atom is 0.472 e. The molecule has 0 aromatic heterocycles. The van der Waals surface area contributed by atoms with Gasteiger partial charge in [0, 0.05) is 19.3 Å². The SMILES string of the molecule is CCCCCCCCCCCCCCCCCCC(=O)OCC1OC(OC2C(O)C(O)C(O)C(OC3OC(CO)C(O)C(O)C3O)C2OP(=O)(O)OCC(COC(=O)CCCCCCCCCCCCCC)OC(=O)CCCCCCCCCCCCC)C(O)C(O)C1O. The van der Waals surface area contributed by atoms with Gasteiger partial charge < -0.3 is 89.1 Å². The molecule has 24 nitrogen and oxygen atoms in total. The van der Waals surface area contributed by atoms with Gasteiger partial charge in [-0.25, -0.2) is 4.57 Å². The molecule has 0 spiro atoms. The second kappa shape index (κ2) is 52.0. The van der Waals surface area contributed by atoms with Crippen LogP contribution in [0.2, 0.25) is 0 Å². The van der Waals surface area contributed by atoms with Gasteiger partial charge in [0.25, 0.3) is 0 Å². The van der Waals surface area contributed by atoms with Crippen molar-refractivity contribution in [3.63, 3.8) is 0 Å². The van der Waals surface area contributed by atoms with E-state index < -0.39 is 156 Å². The molecule has 3 fully saturated rings. The summed E-state index contributed by atoms with van der Waals surface area (Å²) in [4.78, 5) is 50.8. The standard InChI is InChI=1S/C69H129O24P/c1-4-7-10-13-16-19-22-24-25-26-27-30-32-35-38-41-44-54(72)86-49-52-57(75)59(77)64(82)69(90-52)92-66-62(80)60(78)61(79)65(91-68-63(81)58(76)56(74)51(46-70)89-68)67(66)93-94(83,84)87-48-50(88-55(73)45-42-39-36-33-28-21-18-15-12-9-6-3)47-85-53(71)43-40-37-34-31-29-23-20-17-14-11-8-5-2/h50-52,56-70,74-82H,4-49H2,1-3H3,(H,83,84). The fourth-order valence-electron chi connectivity index (χ4n) is 12.3. The molecule has 2 aliphatic heterocycles. The summed E-state index contributed by atoms with van der Waals surface area (Å²) < 4.78 is 64.9. The number of carbonyl (C=O) groups is 3. The molecule has 18 unspecified atom stereocenters. The van der Waals surface area contributed by atoms with Crippen molar-refractivity contribution in [3.8, 4) is 0 Å². The van der Waals surface area contributed by atoms with Crippen LogP contribution >= 0.6 is 7.82 Å². The molecule has 2 saturated heterocycles. The summed E-state index contributed by atoms with van der Waals surface area (Å²) in [6.07, 6.45) is 7.63. The van der Waals surface area contributed by atoms with E-state index in [4.69, 9.17) is 42.2 Å². The van der Waals surface area contributed by atoms with Crippen molar-refractivity contribution < 1.29 is 117 Å². The van der Waals surface area contributed by atoms with Gasteiger partial charge in [0.1, 0.15) is 98.7 Å². The lowest BCUT2D eigenvalue weighted by Gasteiger charge is -2.49. The van der Waals surface area contributed by atoms with E-state index in [0.717, 1.165) is 96.3 Å². The van der Waals surface area contributed by atoms with Crippen molar-refractivity contribution in [1.29, 1.82) is 0 Å². The molecule has 3 aliphatic rings. The molecule has 2 heterocycles. The number of hydrogen-bond donors (Lipinski definition) is 11. The number of ether oxygens (including phenoxy) is 7. The Kier molecular flexibility index (Phi) is 47.7. The monoisotopic (exact) mass is 1370 g/mol. The molecular formula is C69H129O24P. The van der Waals surface area contributed by atoms with E-state index in [9.17, 15) is 74.9 Å². The van der Waals surface area contributed by atoms with Crippen molar-refractivity contribution in [3.05, 3.63) is 0 Å². The topological polar surface area (TPSA) is 374 Å². The average Bonchev–Trinajstić information content (AvgIpc) is 0.769. The van der Waals surface area contributed by atoms with Crippen LogP contribution in [0.15, 0.2) is 0 Å². The van der Waals surface area contributed by atoms with Crippen LogP contribution < -0.4 is 0 Å². The number of rotatable bonds is 57. The van der Waals surface area contributed by atoms with Crippen molar-refractivity contribution in [2.75, 3.05) is 26.4 Å². The van der Waals surface area contributed by atoms with Gasteiger partial charge in [0.2, 0.25) is 0 Å². The Morgan fingerprint density at radius 1 is 0.372 bits per heavy atom. The van der Waals surface area contributed by atoms with Crippen LogP contribution in [-0.4, -0.2) is 204 Å². The minimum atomic E-state index is -5.68. The summed E-state index contributed by atoms with van der Waals surface area (Å²) in [6, 6.07) is 0. The van der Waals surface area contributed by atoms with Crippen molar-refractivity contribution in [2.45, 2.75) is 395 Å². The average molecular weight is 1370 g/mol. The van der Waals surface area contributed by atoms with Crippen molar-refractivity contribution in [2.24, 2.45) is 0 Å². The maximum absolute atomic E-state index is 14.3. The van der Waals surface area contributed by atoms with Crippen LogP contribution in [0, 0.1) is 0 Å². The normalized spacial score (nSPS) is 28.2. The molecule has 94 heavy (non-hydrogen) atoms. The number of phosphoric ester groups is 1. The molecule has 11 N–H and O–H groups in total. The molecule has 3 rings (SSSR count). The highest BCUT2D eigenvalue weighted by Crippen LogP contribution is 2.49. The number of esters is 3. The van der Waals surface area contributed by atoms with Crippen LogP contribution in [0.5, 0.6) is 0 Å². The number of unbranched alkanes of at least 4 members (excludes halogenated alkanes) is 36. The third kappa shape index (κ3) is 35.3. The third-order valence-corrected chi connectivity index (χ3v) is 19.4. The lowest BCUT2D eigenvalue weighted by molar-refractivity contribution is -0.360. The molecule has 1 aliphatic carbocycles. The molecule has 554 valence electrons. The lowest BCUT2D eigenvalue weighted by atomic mass is 9.84. The summed E-state index contributed by atoms with van der Waals surface area (Å²) in [5.41, 5.74) is 0. The molecular weight excluding hydrogens is 1240 g/mol. The van der Waals surface area contributed by atoms with Gasteiger partial charge in [-0.15, -0.1) is 0 Å². The summed E-state index contributed by atoms with van der Waals surface area (Å²) >= 11 is 0. The zero-order chi connectivity index (χ0) is 68.9. The van der Waals surface area contributed by atoms with Gasteiger partial charge in [-0.2, -0.15) is 0 Å². The first-order chi connectivity index (χ1) is 45.3. The van der Waals surface area contributed by atoms with E-state index in [0.29, 0.717) is 19.3 Å². The van der Waals surface area contributed by atoms with E-state index in [-0.39, 0.29) is 19.3 Å².